The highest BCUT2D eigenvalue weighted by molar-refractivity contribution is 5.70. The van der Waals surface area contributed by atoms with Crippen LogP contribution in [-0.2, 0) is 4.79 Å². The molecule has 0 bridgehead atoms. The fraction of sp³-hybridized carbons (Fsp3) is 0.750. The molecule has 0 heterocycles. The van der Waals surface area contributed by atoms with E-state index < -0.39 is 5.97 Å². The fourth-order valence-electron chi connectivity index (χ4n) is 2.11. The number of carboxylic acid groups (broad SMARTS) is 1. The summed E-state index contributed by atoms with van der Waals surface area (Å²) in [4.78, 5) is 10.9. The molecular formula is C12H18O2. The van der Waals surface area contributed by atoms with Crippen molar-refractivity contribution in [1.29, 1.82) is 0 Å². The second kappa shape index (κ2) is 5.70. The first-order valence-corrected chi connectivity index (χ1v) is 5.44. The van der Waals surface area contributed by atoms with Gasteiger partial charge in [0.2, 0.25) is 0 Å². The summed E-state index contributed by atoms with van der Waals surface area (Å²) in [7, 11) is 0. The van der Waals surface area contributed by atoms with Crippen LogP contribution in [-0.4, -0.2) is 11.1 Å². The third-order valence-electron chi connectivity index (χ3n) is 2.89. The predicted octanol–water partition coefficient (Wildman–Crippen LogP) is 2.68. The topological polar surface area (TPSA) is 37.3 Å². The number of aliphatic carboxylic acids is 1. The first kappa shape index (κ1) is 11.1. The monoisotopic (exact) mass is 194 g/mol. The molecule has 14 heavy (non-hydrogen) atoms. The van der Waals surface area contributed by atoms with Crippen LogP contribution in [0, 0.1) is 23.7 Å². The number of hydrogen-bond acceptors (Lipinski definition) is 1. The van der Waals surface area contributed by atoms with Crippen LogP contribution in [0.25, 0.3) is 0 Å². The molecule has 0 aromatic heterocycles. The van der Waals surface area contributed by atoms with Crippen molar-refractivity contribution in [3.8, 4) is 11.8 Å². The van der Waals surface area contributed by atoms with Crippen molar-refractivity contribution < 1.29 is 9.90 Å². The van der Waals surface area contributed by atoms with E-state index in [1.165, 1.54) is 6.42 Å². The molecule has 0 aliphatic heterocycles. The molecule has 0 amide bonds. The van der Waals surface area contributed by atoms with Crippen molar-refractivity contribution in [3.63, 3.8) is 0 Å². The Morgan fingerprint density at radius 2 is 2.07 bits per heavy atom. The quantitative estimate of drug-likeness (QED) is 0.686. The summed E-state index contributed by atoms with van der Waals surface area (Å²) < 4.78 is 0. The smallest absolute Gasteiger partial charge is 0.306 e. The lowest BCUT2D eigenvalue weighted by Crippen LogP contribution is -2.26. The van der Waals surface area contributed by atoms with Gasteiger partial charge in [-0.1, -0.05) is 19.8 Å². The van der Waals surface area contributed by atoms with Crippen LogP contribution in [0.1, 0.15) is 45.4 Å². The molecule has 0 saturated heterocycles. The molecule has 78 valence electrons. The summed E-state index contributed by atoms with van der Waals surface area (Å²) in [5, 5.41) is 9.02. The van der Waals surface area contributed by atoms with Crippen LogP contribution < -0.4 is 0 Å². The van der Waals surface area contributed by atoms with Gasteiger partial charge >= 0.3 is 5.97 Å². The molecule has 1 aliphatic rings. The fourth-order valence-corrected chi connectivity index (χ4v) is 2.11. The highest BCUT2D eigenvalue weighted by atomic mass is 16.4. The van der Waals surface area contributed by atoms with Gasteiger partial charge in [-0.05, 0) is 18.8 Å². The highest BCUT2D eigenvalue weighted by Gasteiger charge is 2.29. The summed E-state index contributed by atoms with van der Waals surface area (Å²) in [6.45, 7) is 2.02. The molecule has 2 heteroatoms. The van der Waals surface area contributed by atoms with E-state index in [1.54, 1.807) is 0 Å². The maximum absolute atomic E-state index is 10.9. The maximum Gasteiger partial charge on any atom is 0.306 e. The Bertz CT molecular complexity index is 247. The van der Waals surface area contributed by atoms with E-state index in [0.717, 1.165) is 32.1 Å². The molecule has 0 aromatic rings. The summed E-state index contributed by atoms with van der Waals surface area (Å²) in [5.41, 5.74) is 0. The van der Waals surface area contributed by atoms with Crippen molar-refractivity contribution in [1.82, 2.24) is 0 Å². The number of rotatable bonds is 2. The zero-order chi connectivity index (χ0) is 10.4. The molecule has 2 atom stereocenters. The zero-order valence-corrected chi connectivity index (χ0v) is 8.75. The molecule has 2 unspecified atom stereocenters. The number of carbonyl (C=O) groups is 1. The first-order chi connectivity index (χ1) is 6.75. The molecule has 0 spiro atoms. The van der Waals surface area contributed by atoms with Crippen LogP contribution in [0.15, 0.2) is 0 Å². The van der Waals surface area contributed by atoms with Crippen molar-refractivity contribution in [2.75, 3.05) is 0 Å². The van der Waals surface area contributed by atoms with E-state index in [4.69, 9.17) is 5.11 Å². The average Bonchev–Trinajstić information content (AvgIpc) is 2.19. The molecule has 1 aliphatic carbocycles. The Kier molecular flexibility index (Phi) is 4.52. The Morgan fingerprint density at radius 1 is 1.36 bits per heavy atom. The zero-order valence-electron chi connectivity index (χ0n) is 8.75. The lowest BCUT2D eigenvalue weighted by Gasteiger charge is -2.26. The van der Waals surface area contributed by atoms with Gasteiger partial charge in [0.1, 0.15) is 0 Å². The van der Waals surface area contributed by atoms with Gasteiger partial charge in [-0.15, -0.1) is 11.8 Å². The van der Waals surface area contributed by atoms with Gasteiger partial charge in [-0.2, -0.15) is 0 Å². The van der Waals surface area contributed by atoms with Gasteiger partial charge in [-0.3, -0.25) is 4.79 Å². The lowest BCUT2D eigenvalue weighted by molar-refractivity contribution is -0.144. The second-order valence-electron chi connectivity index (χ2n) is 3.90. The van der Waals surface area contributed by atoms with Crippen LogP contribution in [0.5, 0.6) is 0 Å². The summed E-state index contributed by atoms with van der Waals surface area (Å²) in [5.74, 6) is 5.61. The van der Waals surface area contributed by atoms with E-state index >= 15 is 0 Å². The Hall–Kier alpha value is -0.970. The van der Waals surface area contributed by atoms with Crippen LogP contribution in [0.4, 0.5) is 0 Å². The van der Waals surface area contributed by atoms with Crippen LogP contribution in [0.2, 0.25) is 0 Å². The largest absolute Gasteiger partial charge is 0.481 e. The van der Waals surface area contributed by atoms with Crippen LogP contribution in [0.3, 0.4) is 0 Å². The van der Waals surface area contributed by atoms with E-state index in [0.29, 0.717) is 5.92 Å². The SMILES string of the molecule is CCC#CCC1CCCCC1C(=O)O. The molecular weight excluding hydrogens is 176 g/mol. The lowest BCUT2D eigenvalue weighted by atomic mass is 9.78. The highest BCUT2D eigenvalue weighted by Crippen LogP contribution is 2.32. The summed E-state index contributed by atoms with van der Waals surface area (Å²) in [6, 6.07) is 0. The molecule has 0 radical (unpaired) electrons. The van der Waals surface area contributed by atoms with E-state index in [1.807, 2.05) is 6.92 Å². The van der Waals surface area contributed by atoms with Gasteiger partial charge in [0.05, 0.1) is 5.92 Å². The van der Waals surface area contributed by atoms with Crippen molar-refractivity contribution in [2.45, 2.75) is 45.4 Å². The van der Waals surface area contributed by atoms with Gasteiger partial charge in [0, 0.05) is 12.8 Å². The summed E-state index contributed by atoms with van der Waals surface area (Å²) >= 11 is 0. The average molecular weight is 194 g/mol. The molecule has 1 saturated carbocycles. The Morgan fingerprint density at radius 3 is 2.71 bits per heavy atom. The normalized spacial score (nSPS) is 26.4. The van der Waals surface area contributed by atoms with Crippen molar-refractivity contribution >= 4 is 5.97 Å². The van der Waals surface area contributed by atoms with Crippen LogP contribution >= 0.6 is 0 Å². The minimum atomic E-state index is -0.631. The van der Waals surface area contributed by atoms with Gasteiger partial charge < -0.3 is 5.11 Å². The Labute approximate surface area is 85.7 Å². The van der Waals surface area contributed by atoms with E-state index in [-0.39, 0.29) is 5.92 Å². The third-order valence-corrected chi connectivity index (χ3v) is 2.89. The van der Waals surface area contributed by atoms with Crippen molar-refractivity contribution in [2.24, 2.45) is 11.8 Å². The second-order valence-corrected chi connectivity index (χ2v) is 3.90. The number of carboxylic acids is 1. The van der Waals surface area contributed by atoms with Gasteiger partial charge in [0.25, 0.3) is 0 Å². The maximum atomic E-state index is 10.9. The minimum Gasteiger partial charge on any atom is -0.481 e. The first-order valence-electron chi connectivity index (χ1n) is 5.44. The third kappa shape index (κ3) is 3.06. The minimum absolute atomic E-state index is 0.144. The molecule has 1 fully saturated rings. The number of hydrogen-bond donors (Lipinski definition) is 1. The Balaban J connectivity index is 2.50. The van der Waals surface area contributed by atoms with Gasteiger partial charge in [0.15, 0.2) is 0 Å². The molecule has 2 nitrogen and oxygen atoms in total. The van der Waals surface area contributed by atoms with Gasteiger partial charge in [-0.25, -0.2) is 0 Å². The molecule has 1 rings (SSSR count). The standard InChI is InChI=1S/C12H18O2/c1-2-3-4-7-10-8-5-6-9-11(10)12(13)14/h10-11H,2,5-9H2,1H3,(H,13,14). The molecule has 0 aromatic carbocycles. The molecule has 1 N–H and O–H groups in total. The van der Waals surface area contributed by atoms with Crippen molar-refractivity contribution in [3.05, 3.63) is 0 Å². The predicted molar refractivity (Wildman–Crippen MR) is 55.8 cm³/mol. The summed E-state index contributed by atoms with van der Waals surface area (Å²) in [6.07, 6.45) is 5.75. The van der Waals surface area contributed by atoms with E-state index in [2.05, 4.69) is 11.8 Å². The van der Waals surface area contributed by atoms with E-state index in [9.17, 15) is 4.79 Å².